The van der Waals surface area contributed by atoms with Crippen LogP contribution >= 0.6 is 11.8 Å². The predicted molar refractivity (Wildman–Crippen MR) is 105 cm³/mol. The van der Waals surface area contributed by atoms with Crippen LogP contribution in [0.4, 0.5) is 0 Å². The van der Waals surface area contributed by atoms with Crippen molar-refractivity contribution in [2.24, 2.45) is 0 Å². The third-order valence-corrected chi connectivity index (χ3v) is 6.50. The molecule has 25 heavy (non-hydrogen) atoms. The Morgan fingerprint density at radius 2 is 1.56 bits per heavy atom. The van der Waals surface area contributed by atoms with Gasteiger partial charge in [0.2, 0.25) is 0 Å². The molecule has 0 unspecified atom stereocenters. The first-order valence-corrected chi connectivity index (χ1v) is 9.78. The Balaban J connectivity index is 1.79. The van der Waals surface area contributed by atoms with Crippen LogP contribution in [-0.2, 0) is 16.6 Å². The zero-order valence-electron chi connectivity index (χ0n) is 15.4. The minimum absolute atomic E-state index is 0.227. The number of aromatic carboxylic acids is 1. The van der Waals surface area contributed by atoms with E-state index in [1.165, 1.54) is 28.9 Å². The second-order valence-electron chi connectivity index (χ2n) is 8.27. The van der Waals surface area contributed by atoms with Gasteiger partial charge in [-0.2, -0.15) is 0 Å². The van der Waals surface area contributed by atoms with Crippen molar-refractivity contribution in [3.8, 4) is 0 Å². The normalized spacial score (nSPS) is 17.8. The van der Waals surface area contributed by atoms with Gasteiger partial charge in [-0.05, 0) is 64.6 Å². The maximum Gasteiger partial charge on any atom is 0.335 e. The van der Waals surface area contributed by atoms with Gasteiger partial charge in [0.05, 0.1) is 5.56 Å². The number of carbonyl (C=O) groups is 1. The van der Waals surface area contributed by atoms with Crippen molar-refractivity contribution in [1.82, 2.24) is 0 Å². The predicted octanol–water partition coefficient (Wildman–Crippen LogP) is 6.03. The molecule has 132 valence electrons. The zero-order chi connectivity index (χ0) is 18.2. The lowest BCUT2D eigenvalue weighted by Gasteiger charge is -2.42. The second kappa shape index (κ2) is 6.53. The van der Waals surface area contributed by atoms with Crippen LogP contribution in [0.2, 0.25) is 0 Å². The Morgan fingerprint density at radius 1 is 0.960 bits per heavy atom. The van der Waals surface area contributed by atoms with Gasteiger partial charge in [0.1, 0.15) is 0 Å². The van der Waals surface area contributed by atoms with Crippen molar-refractivity contribution >= 4 is 17.7 Å². The molecule has 0 heterocycles. The molecule has 2 aromatic rings. The molecule has 1 aliphatic rings. The van der Waals surface area contributed by atoms with Crippen LogP contribution in [0.15, 0.2) is 47.4 Å². The lowest BCUT2D eigenvalue weighted by atomic mass is 9.63. The monoisotopic (exact) mass is 354 g/mol. The van der Waals surface area contributed by atoms with Crippen LogP contribution in [0.3, 0.4) is 0 Å². The first-order valence-electron chi connectivity index (χ1n) is 8.79. The molecule has 0 fully saturated rings. The van der Waals surface area contributed by atoms with E-state index in [1.54, 1.807) is 12.1 Å². The molecule has 0 saturated heterocycles. The molecule has 0 saturated carbocycles. The summed E-state index contributed by atoms with van der Waals surface area (Å²) in [5.74, 6) is -0.0265. The van der Waals surface area contributed by atoms with E-state index in [4.69, 9.17) is 5.11 Å². The molecule has 3 heteroatoms. The SMILES string of the molecule is CC1(C)CCC(C)(C)c2cc(SCc3ccc(C(=O)O)cc3)ccc21. The summed E-state index contributed by atoms with van der Waals surface area (Å²) >= 11 is 1.81. The van der Waals surface area contributed by atoms with E-state index in [-0.39, 0.29) is 10.8 Å². The van der Waals surface area contributed by atoms with Crippen LogP contribution < -0.4 is 0 Å². The first kappa shape index (κ1) is 18.1. The Hall–Kier alpha value is -1.74. The minimum Gasteiger partial charge on any atom is -0.478 e. The maximum atomic E-state index is 10.9. The van der Waals surface area contributed by atoms with Crippen LogP contribution in [0.1, 0.15) is 67.6 Å². The van der Waals surface area contributed by atoms with Crippen molar-refractivity contribution < 1.29 is 9.90 Å². The molecule has 2 nitrogen and oxygen atoms in total. The molecule has 1 aliphatic carbocycles. The van der Waals surface area contributed by atoms with Gasteiger partial charge in [0.25, 0.3) is 0 Å². The number of thioether (sulfide) groups is 1. The molecular weight excluding hydrogens is 328 g/mol. The Kier molecular flexibility index (Phi) is 4.72. The van der Waals surface area contributed by atoms with Crippen molar-refractivity contribution in [3.63, 3.8) is 0 Å². The Bertz CT molecular complexity index is 788. The summed E-state index contributed by atoms with van der Waals surface area (Å²) in [6.07, 6.45) is 2.45. The number of carboxylic acids is 1. The highest BCUT2D eigenvalue weighted by Crippen LogP contribution is 2.46. The maximum absolute atomic E-state index is 10.9. The molecule has 0 atom stereocenters. The van der Waals surface area contributed by atoms with Crippen LogP contribution in [0, 0.1) is 0 Å². The summed E-state index contributed by atoms with van der Waals surface area (Å²) in [7, 11) is 0. The summed E-state index contributed by atoms with van der Waals surface area (Å²) < 4.78 is 0. The lowest BCUT2D eigenvalue weighted by Crippen LogP contribution is -2.33. The lowest BCUT2D eigenvalue weighted by molar-refractivity contribution is 0.0697. The Labute approximate surface area is 154 Å². The number of fused-ring (bicyclic) bond motifs is 1. The molecule has 3 rings (SSSR count). The zero-order valence-corrected chi connectivity index (χ0v) is 16.2. The summed E-state index contributed by atoms with van der Waals surface area (Å²) in [6, 6.07) is 14.1. The van der Waals surface area contributed by atoms with Crippen LogP contribution in [-0.4, -0.2) is 11.1 Å². The minimum atomic E-state index is -0.876. The molecule has 0 aromatic heterocycles. The molecule has 1 N–H and O–H groups in total. The van der Waals surface area contributed by atoms with Gasteiger partial charge in [-0.1, -0.05) is 45.9 Å². The van der Waals surface area contributed by atoms with Gasteiger partial charge in [-0.25, -0.2) is 4.79 Å². The highest BCUT2D eigenvalue weighted by molar-refractivity contribution is 7.98. The van der Waals surface area contributed by atoms with Crippen molar-refractivity contribution in [3.05, 3.63) is 64.7 Å². The fraction of sp³-hybridized carbons (Fsp3) is 0.409. The average molecular weight is 355 g/mol. The summed E-state index contributed by atoms with van der Waals surface area (Å²) in [4.78, 5) is 12.2. The highest BCUT2D eigenvalue weighted by Gasteiger charge is 2.36. The van der Waals surface area contributed by atoms with Gasteiger partial charge in [0, 0.05) is 10.6 Å². The van der Waals surface area contributed by atoms with E-state index in [0.717, 1.165) is 11.3 Å². The largest absolute Gasteiger partial charge is 0.478 e. The topological polar surface area (TPSA) is 37.3 Å². The second-order valence-corrected chi connectivity index (χ2v) is 9.31. The molecule has 0 bridgehead atoms. The van der Waals surface area contributed by atoms with Crippen molar-refractivity contribution in [1.29, 1.82) is 0 Å². The van der Waals surface area contributed by atoms with Crippen molar-refractivity contribution in [2.45, 2.75) is 62.0 Å². The average Bonchev–Trinajstić information content (AvgIpc) is 2.57. The summed E-state index contributed by atoms with van der Waals surface area (Å²) in [5.41, 5.74) is 4.93. The van der Waals surface area contributed by atoms with Crippen LogP contribution in [0.25, 0.3) is 0 Å². The number of benzene rings is 2. The summed E-state index contributed by atoms with van der Waals surface area (Å²) in [5, 5.41) is 8.98. The quantitative estimate of drug-likeness (QED) is 0.682. The van der Waals surface area contributed by atoms with Gasteiger partial charge in [0.15, 0.2) is 0 Å². The van der Waals surface area contributed by atoms with E-state index in [2.05, 4.69) is 45.9 Å². The number of hydrogen-bond donors (Lipinski definition) is 1. The standard InChI is InChI=1S/C22H26O2S/c1-21(2)11-12-22(3,4)19-13-17(9-10-18(19)21)25-14-15-5-7-16(8-6-15)20(23)24/h5-10,13H,11-12,14H2,1-4H3,(H,23,24). The number of carboxylic acid groups (broad SMARTS) is 1. The molecule has 0 amide bonds. The van der Waals surface area contributed by atoms with E-state index in [9.17, 15) is 4.79 Å². The van der Waals surface area contributed by atoms with Gasteiger partial charge < -0.3 is 5.11 Å². The van der Waals surface area contributed by atoms with E-state index in [1.807, 2.05) is 23.9 Å². The van der Waals surface area contributed by atoms with Gasteiger partial charge in [-0.3, -0.25) is 0 Å². The Morgan fingerprint density at radius 3 is 2.16 bits per heavy atom. The van der Waals surface area contributed by atoms with Crippen molar-refractivity contribution in [2.75, 3.05) is 0 Å². The number of rotatable bonds is 4. The first-order chi connectivity index (χ1) is 11.7. The van der Waals surface area contributed by atoms with Crippen LogP contribution in [0.5, 0.6) is 0 Å². The molecule has 0 radical (unpaired) electrons. The third kappa shape index (κ3) is 3.77. The third-order valence-electron chi connectivity index (χ3n) is 5.43. The van der Waals surface area contributed by atoms with Gasteiger partial charge >= 0.3 is 5.97 Å². The van der Waals surface area contributed by atoms with E-state index < -0.39 is 5.97 Å². The molecule has 2 aromatic carbocycles. The van der Waals surface area contributed by atoms with Gasteiger partial charge in [-0.15, -0.1) is 11.8 Å². The fourth-order valence-electron chi connectivity index (χ4n) is 3.57. The number of hydrogen-bond acceptors (Lipinski definition) is 2. The summed E-state index contributed by atoms with van der Waals surface area (Å²) in [6.45, 7) is 9.38. The smallest absolute Gasteiger partial charge is 0.335 e. The highest BCUT2D eigenvalue weighted by atomic mass is 32.2. The molecule has 0 spiro atoms. The van der Waals surface area contributed by atoms with E-state index in [0.29, 0.717) is 5.56 Å². The fourth-order valence-corrected chi connectivity index (χ4v) is 4.46. The van der Waals surface area contributed by atoms with E-state index >= 15 is 0 Å². The molecular formula is C22H26O2S. The molecule has 0 aliphatic heterocycles.